The molecule has 42 heavy (non-hydrogen) atoms. The number of aromatic nitrogens is 1. The second-order valence-electron chi connectivity index (χ2n) is 10.3. The molecule has 3 aromatic carbocycles. The first-order valence-electron chi connectivity index (χ1n) is 14.0. The van der Waals surface area contributed by atoms with Crippen molar-refractivity contribution in [2.45, 2.75) is 25.7 Å². The van der Waals surface area contributed by atoms with Crippen LogP contribution in [-0.4, -0.2) is 38.6 Å². The Kier molecular flexibility index (Phi) is 8.65. The summed E-state index contributed by atoms with van der Waals surface area (Å²) in [5.74, 6) is 3.16. The van der Waals surface area contributed by atoms with E-state index < -0.39 is 0 Å². The average Bonchev–Trinajstić information content (AvgIpc) is 3.39. The van der Waals surface area contributed by atoms with E-state index in [-0.39, 0.29) is 12.1 Å². The Labute approximate surface area is 249 Å². The predicted molar refractivity (Wildman–Crippen MR) is 165 cm³/mol. The fourth-order valence-corrected chi connectivity index (χ4v) is 6.56. The van der Waals surface area contributed by atoms with E-state index in [1.165, 1.54) is 12.1 Å². The van der Waals surface area contributed by atoms with E-state index in [0.29, 0.717) is 18.3 Å². The van der Waals surface area contributed by atoms with Gasteiger partial charge in [0.2, 0.25) is 0 Å². The zero-order valence-corrected chi connectivity index (χ0v) is 24.5. The molecule has 0 bridgehead atoms. The van der Waals surface area contributed by atoms with Crippen LogP contribution in [-0.2, 0) is 16.1 Å². The highest BCUT2D eigenvalue weighted by molar-refractivity contribution is 7.22. The van der Waals surface area contributed by atoms with Gasteiger partial charge in [0.25, 0.3) is 0 Å². The van der Waals surface area contributed by atoms with Crippen LogP contribution in [0.4, 0.5) is 10.2 Å². The van der Waals surface area contributed by atoms with Crippen LogP contribution in [0.2, 0.25) is 0 Å². The number of methoxy groups -OCH3 is 2. The third kappa shape index (κ3) is 6.26. The molecule has 0 saturated carbocycles. The van der Waals surface area contributed by atoms with Crippen LogP contribution in [0.5, 0.6) is 17.2 Å². The number of ether oxygens (including phenoxy) is 4. The van der Waals surface area contributed by atoms with Gasteiger partial charge in [-0.25, -0.2) is 9.37 Å². The minimum Gasteiger partial charge on any atom is -0.489 e. The molecule has 0 spiro atoms. The highest BCUT2D eigenvalue weighted by atomic mass is 32.1. The van der Waals surface area contributed by atoms with Crippen molar-refractivity contribution in [3.8, 4) is 27.7 Å². The first-order chi connectivity index (χ1) is 20.6. The maximum absolute atomic E-state index is 13.8. The van der Waals surface area contributed by atoms with E-state index in [2.05, 4.69) is 4.90 Å². The monoisotopic (exact) mass is 584 g/mol. The van der Waals surface area contributed by atoms with E-state index in [9.17, 15) is 4.39 Å². The quantitative estimate of drug-likeness (QED) is 0.154. The summed E-state index contributed by atoms with van der Waals surface area (Å²) in [5, 5.41) is 0.961. The molecular formula is C34H33FN2O4S. The molecule has 5 aromatic rings. The normalized spacial score (nSPS) is 14.0. The van der Waals surface area contributed by atoms with E-state index in [0.717, 1.165) is 69.3 Å². The Hall–Kier alpha value is -3.98. The number of pyridine rings is 1. The number of benzene rings is 3. The number of fused-ring (bicyclic) bond motifs is 1. The minimum absolute atomic E-state index is 0.168. The first-order valence-corrected chi connectivity index (χ1v) is 14.9. The highest BCUT2D eigenvalue weighted by Gasteiger charge is 2.27. The van der Waals surface area contributed by atoms with Crippen LogP contribution in [0.1, 0.15) is 18.4 Å². The number of hydrogen-bond acceptors (Lipinski definition) is 7. The SMILES string of the molecule is COC(OC)C1CCN(c2ccc(Oc3c(-c4ccc(F)cc4)sc4cc(OCc5ccccc5)ccc34)cn2)CC1. The third-order valence-electron chi connectivity index (χ3n) is 7.62. The molecule has 1 fully saturated rings. The average molecular weight is 585 g/mol. The molecule has 0 aliphatic carbocycles. The maximum Gasteiger partial charge on any atom is 0.159 e. The molecule has 1 aliphatic heterocycles. The van der Waals surface area contributed by atoms with Gasteiger partial charge in [0, 0.05) is 43.3 Å². The largest absolute Gasteiger partial charge is 0.489 e. The summed E-state index contributed by atoms with van der Waals surface area (Å²) >= 11 is 1.59. The van der Waals surface area contributed by atoms with Crippen LogP contribution >= 0.6 is 11.3 Å². The van der Waals surface area contributed by atoms with Crippen LogP contribution in [0.25, 0.3) is 20.5 Å². The van der Waals surface area contributed by atoms with Gasteiger partial charge < -0.3 is 23.8 Å². The summed E-state index contributed by atoms with van der Waals surface area (Å²) < 4.78 is 38.3. The zero-order chi connectivity index (χ0) is 28.9. The lowest BCUT2D eigenvalue weighted by Crippen LogP contribution is -2.39. The molecule has 8 heteroatoms. The van der Waals surface area contributed by atoms with E-state index >= 15 is 0 Å². The number of hydrogen-bond donors (Lipinski definition) is 0. The molecule has 216 valence electrons. The summed E-state index contributed by atoms with van der Waals surface area (Å²) in [5.41, 5.74) is 1.99. The predicted octanol–water partition coefficient (Wildman–Crippen LogP) is 8.31. The second kappa shape index (κ2) is 12.9. The van der Waals surface area contributed by atoms with E-state index in [4.69, 9.17) is 23.9 Å². The van der Waals surface area contributed by atoms with Gasteiger partial charge in [-0.3, -0.25) is 0 Å². The number of thiophene rings is 1. The van der Waals surface area contributed by atoms with Crippen LogP contribution in [0.15, 0.2) is 91.1 Å². The molecular weight excluding hydrogens is 551 g/mol. The van der Waals surface area contributed by atoms with Crippen molar-refractivity contribution in [3.63, 3.8) is 0 Å². The molecule has 6 rings (SSSR count). The molecule has 1 saturated heterocycles. The van der Waals surface area contributed by atoms with Crippen molar-refractivity contribution in [1.82, 2.24) is 4.98 Å². The van der Waals surface area contributed by atoms with E-state index in [1.807, 2.05) is 60.7 Å². The number of piperidine rings is 1. The van der Waals surface area contributed by atoms with E-state index in [1.54, 1.807) is 43.9 Å². The number of nitrogens with zero attached hydrogens (tertiary/aromatic N) is 2. The van der Waals surface area contributed by atoms with Crippen LogP contribution in [0, 0.1) is 11.7 Å². The van der Waals surface area contributed by atoms with Crippen molar-refractivity contribution in [1.29, 1.82) is 0 Å². The Morgan fingerprint density at radius 2 is 1.64 bits per heavy atom. The topological polar surface area (TPSA) is 53.1 Å². The van der Waals surface area contributed by atoms with Gasteiger partial charge in [0.1, 0.15) is 29.7 Å². The second-order valence-corrected chi connectivity index (χ2v) is 11.4. The third-order valence-corrected chi connectivity index (χ3v) is 8.81. The van der Waals surface area contributed by atoms with Crippen LogP contribution < -0.4 is 14.4 Å². The summed E-state index contributed by atoms with van der Waals surface area (Å²) in [4.78, 5) is 7.93. The molecule has 0 N–H and O–H groups in total. The zero-order valence-electron chi connectivity index (χ0n) is 23.7. The standard InChI is InChI=1S/C34H33FN2O4S/c1-38-34(39-2)25-16-18-37(19-17-25)31-15-13-28(21-36-31)41-32-29-14-12-27(40-22-23-6-4-3-5-7-23)20-30(29)42-33(32)24-8-10-26(35)11-9-24/h3-15,20-21,25,34H,16-19,22H2,1-2H3. The Balaban J connectivity index is 1.23. The van der Waals surface area contributed by atoms with Crippen molar-refractivity contribution in [2.75, 3.05) is 32.2 Å². The first kappa shape index (κ1) is 28.2. The summed E-state index contributed by atoms with van der Waals surface area (Å²) in [7, 11) is 3.38. The fourth-order valence-electron chi connectivity index (χ4n) is 5.40. The smallest absolute Gasteiger partial charge is 0.159 e. The van der Waals surface area contributed by atoms with Crippen molar-refractivity contribution in [3.05, 3.63) is 103 Å². The van der Waals surface area contributed by atoms with Crippen LogP contribution in [0.3, 0.4) is 0 Å². The Bertz CT molecular complexity index is 1600. The molecule has 1 aliphatic rings. The maximum atomic E-state index is 13.8. The Morgan fingerprint density at radius 1 is 0.905 bits per heavy atom. The molecule has 0 atom stereocenters. The van der Waals surface area contributed by atoms with Gasteiger partial charge in [0.15, 0.2) is 12.0 Å². The van der Waals surface area contributed by atoms with Gasteiger partial charge >= 0.3 is 0 Å². The lowest BCUT2D eigenvalue weighted by atomic mass is 9.96. The van der Waals surface area contributed by atoms with Crippen molar-refractivity contribution < 1.29 is 23.3 Å². The lowest BCUT2D eigenvalue weighted by Gasteiger charge is -2.35. The molecule has 0 unspecified atom stereocenters. The number of rotatable bonds is 10. The molecule has 3 heterocycles. The molecule has 2 aromatic heterocycles. The number of halogens is 1. The minimum atomic E-state index is -0.275. The van der Waals surface area contributed by atoms with Gasteiger partial charge in [-0.05, 0) is 66.4 Å². The number of anilines is 1. The highest BCUT2D eigenvalue weighted by Crippen LogP contribution is 2.47. The van der Waals surface area contributed by atoms with Crippen molar-refractivity contribution in [2.24, 2.45) is 5.92 Å². The van der Waals surface area contributed by atoms with Gasteiger partial charge in [0.05, 0.1) is 11.1 Å². The Morgan fingerprint density at radius 3 is 2.33 bits per heavy atom. The van der Waals surface area contributed by atoms with Gasteiger partial charge in [-0.15, -0.1) is 11.3 Å². The molecule has 6 nitrogen and oxygen atoms in total. The van der Waals surface area contributed by atoms with Crippen molar-refractivity contribution >= 4 is 27.2 Å². The molecule has 0 amide bonds. The summed E-state index contributed by atoms with van der Waals surface area (Å²) in [6, 6.07) is 26.6. The van der Waals surface area contributed by atoms with Gasteiger partial charge in [-0.2, -0.15) is 0 Å². The molecule has 0 radical (unpaired) electrons. The van der Waals surface area contributed by atoms with Gasteiger partial charge in [-0.1, -0.05) is 42.5 Å². The summed E-state index contributed by atoms with van der Waals surface area (Å²) in [6.07, 6.45) is 3.55. The summed E-state index contributed by atoms with van der Waals surface area (Å²) in [6.45, 7) is 2.26. The fraction of sp³-hybridized carbons (Fsp3) is 0.265. The lowest BCUT2D eigenvalue weighted by molar-refractivity contribution is -0.141.